The molecule has 1 heterocycles. The van der Waals surface area contributed by atoms with E-state index in [4.69, 9.17) is 0 Å². The van der Waals surface area contributed by atoms with E-state index in [1.165, 1.54) is 24.3 Å². The molecule has 0 radical (unpaired) electrons. The summed E-state index contributed by atoms with van der Waals surface area (Å²) in [6.07, 6.45) is 3.58. The monoisotopic (exact) mass is 372 g/mol. The van der Waals surface area contributed by atoms with Crippen LogP contribution in [-0.2, 0) is 23.1 Å². The lowest BCUT2D eigenvalue weighted by Crippen LogP contribution is -2.23. The molecular weight excluding hydrogens is 356 g/mol. The zero-order valence-corrected chi connectivity index (χ0v) is 14.5. The average Bonchev–Trinajstić information content (AvgIpc) is 3.14. The average molecular weight is 372 g/mol. The lowest BCUT2D eigenvalue weighted by molar-refractivity contribution is -0.384. The minimum Gasteiger partial charge on any atom is -0.268 e. The number of aromatic nitrogens is 2. The lowest BCUT2D eigenvalue weighted by Gasteiger charge is -2.08. The second-order valence-electron chi connectivity index (χ2n) is 5.60. The predicted octanol–water partition coefficient (Wildman–Crippen LogP) is 2.32. The van der Waals surface area contributed by atoms with E-state index in [2.05, 4.69) is 9.82 Å². The summed E-state index contributed by atoms with van der Waals surface area (Å²) in [6.45, 7) is 0.767. The molecule has 0 saturated heterocycles. The van der Waals surface area contributed by atoms with Crippen LogP contribution in [0.1, 0.15) is 11.1 Å². The Morgan fingerprint density at radius 3 is 2.27 bits per heavy atom. The number of nitrogens with one attached hydrogen (secondary N) is 1. The van der Waals surface area contributed by atoms with Gasteiger partial charge in [-0.15, -0.1) is 0 Å². The quantitative estimate of drug-likeness (QED) is 0.506. The van der Waals surface area contributed by atoms with Gasteiger partial charge in [-0.2, -0.15) is 5.10 Å². The van der Waals surface area contributed by atoms with Gasteiger partial charge in [0, 0.05) is 31.1 Å². The summed E-state index contributed by atoms with van der Waals surface area (Å²) in [5, 5.41) is 14.8. The third kappa shape index (κ3) is 4.32. The molecule has 0 bridgehead atoms. The van der Waals surface area contributed by atoms with Crippen LogP contribution in [0.2, 0.25) is 0 Å². The zero-order chi connectivity index (χ0) is 18.6. The molecule has 0 atom stereocenters. The normalized spacial score (nSPS) is 11.4. The highest BCUT2D eigenvalue weighted by molar-refractivity contribution is 7.89. The first-order valence-electron chi connectivity index (χ1n) is 7.73. The second-order valence-corrected chi connectivity index (χ2v) is 7.36. The van der Waals surface area contributed by atoms with Crippen LogP contribution in [0.3, 0.4) is 0 Å². The number of hydrogen-bond acceptors (Lipinski definition) is 5. The van der Waals surface area contributed by atoms with Gasteiger partial charge in [-0.3, -0.25) is 14.8 Å². The molecule has 0 spiro atoms. The summed E-state index contributed by atoms with van der Waals surface area (Å²) in [5.41, 5.74) is 1.70. The topological polar surface area (TPSA) is 107 Å². The second kappa shape index (κ2) is 7.46. The lowest BCUT2D eigenvalue weighted by atomic mass is 10.1. The Hall–Kier alpha value is -3.04. The van der Waals surface area contributed by atoms with Gasteiger partial charge in [0.25, 0.3) is 5.69 Å². The van der Waals surface area contributed by atoms with Crippen molar-refractivity contribution in [1.29, 1.82) is 0 Å². The Morgan fingerprint density at radius 2 is 1.69 bits per heavy atom. The van der Waals surface area contributed by atoms with Crippen LogP contribution in [0.4, 0.5) is 5.69 Å². The summed E-state index contributed by atoms with van der Waals surface area (Å²) in [5.74, 6) is 0. The van der Waals surface area contributed by atoms with Crippen molar-refractivity contribution in [1.82, 2.24) is 14.5 Å². The number of hydrogen-bond donors (Lipinski definition) is 1. The Kier molecular flexibility index (Phi) is 5.10. The summed E-state index contributed by atoms with van der Waals surface area (Å²) in [6, 6.07) is 14.1. The minimum absolute atomic E-state index is 0.0154. The molecule has 3 aromatic rings. The van der Waals surface area contributed by atoms with Crippen molar-refractivity contribution < 1.29 is 13.3 Å². The number of benzene rings is 2. The van der Waals surface area contributed by atoms with E-state index < -0.39 is 14.9 Å². The minimum atomic E-state index is -3.74. The molecule has 0 aliphatic carbocycles. The van der Waals surface area contributed by atoms with Crippen LogP contribution in [0.15, 0.2) is 71.9 Å². The van der Waals surface area contributed by atoms with E-state index >= 15 is 0 Å². The SMILES string of the molecule is O=[N+]([O-])c1ccc(S(=O)(=O)NCc2ccc(Cn3cccn3)cc2)cc1. The third-order valence-corrected chi connectivity index (χ3v) is 5.17. The van der Waals surface area contributed by atoms with Gasteiger partial charge in [0.2, 0.25) is 10.0 Å². The van der Waals surface area contributed by atoms with Gasteiger partial charge < -0.3 is 0 Å². The Bertz CT molecular complexity index is 982. The van der Waals surface area contributed by atoms with Crippen LogP contribution >= 0.6 is 0 Å². The first-order valence-corrected chi connectivity index (χ1v) is 9.22. The van der Waals surface area contributed by atoms with Gasteiger partial charge in [-0.05, 0) is 29.3 Å². The van der Waals surface area contributed by atoms with Gasteiger partial charge >= 0.3 is 0 Å². The molecule has 0 amide bonds. The standard InChI is InChI=1S/C17H16N4O4S/c22-21(23)16-6-8-17(9-7-16)26(24,25)19-12-14-2-4-15(5-3-14)13-20-11-1-10-18-20/h1-11,19H,12-13H2. The maximum atomic E-state index is 12.3. The van der Waals surface area contributed by atoms with E-state index in [-0.39, 0.29) is 17.1 Å². The fraction of sp³-hybridized carbons (Fsp3) is 0.118. The van der Waals surface area contributed by atoms with Crippen molar-refractivity contribution in [3.05, 3.63) is 88.2 Å². The molecular formula is C17H16N4O4S. The predicted molar refractivity (Wildman–Crippen MR) is 94.9 cm³/mol. The number of non-ortho nitro benzene ring substituents is 1. The van der Waals surface area contributed by atoms with Gasteiger partial charge in [0.1, 0.15) is 0 Å². The maximum absolute atomic E-state index is 12.3. The van der Waals surface area contributed by atoms with Crippen molar-refractivity contribution in [2.24, 2.45) is 0 Å². The molecule has 2 aromatic carbocycles. The zero-order valence-electron chi connectivity index (χ0n) is 13.6. The first-order chi connectivity index (χ1) is 12.4. The number of nitrogens with zero attached hydrogens (tertiary/aromatic N) is 3. The van der Waals surface area contributed by atoms with Gasteiger partial charge in [-0.1, -0.05) is 24.3 Å². The van der Waals surface area contributed by atoms with Crippen molar-refractivity contribution in [2.75, 3.05) is 0 Å². The van der Waals surface area contributed by atoms with Crippen LogP contribution < -0.4 is 4.72 Å². The molecule has 134 valence electrons. The van der Waals surface area contributed by atoms with Crippen LogP contribution in [0.5, 0.6) is 0 Å². The Morgan fingerprint density at radius 1 is 1.04 bits per heavy atom. The van der Waals surface area contributed by atoms with Gasteiger partial charge in [0.15, 0.2) is 0 Å². The summed E-state index contributed by atoms with van der Waals surface area (Å²) < 4.78 is 28.8. The summed E-state index contributed by atoms with van der Waals surface area (Å²) in [7, 11) is -3.74. The summed E-state index contributed by atoms with van der Waals surface area (Å²) >= 11 is 0. The smallest absolute Gasteiger partial charge is 0.268 e. The van der Waals surface area contributed by atoms with Gasteiger partial charge in [-0.25, -0.2) is 13.1 Å². The number of nitro benzene ring substituents is 1. The van der Waals surface area contributed by atoms with E-state index in [9.17, 15) is 18.5 Å². The Balaban J connectivity index is 1.63. The molecule has 0 aliphatic heterocycles. The first kappa shape index (κ1) is 17.8. The third-order valence-electron chi connectivity index (χ3n) is 3.75. The number of nitro groups is 1. The largest absolute Gasteiger partial charge is 0.269 e. The van der Waals surface area contributed by atoms with Crippen molar-refractivity contribution >= 4 is 15.7 Å². The van der Waals surface area contributed by atoms with Crippen molar-refractivity contribution in [2.45, 2.75) is 18.0 Å². The number of sulfonamides is 1. The molecule has 26 heavy (non-hydrogen) atoms. The molecule has 9 heteroatoms. The highest BCUT2D eigenvalue weighted by atomic mass is 32.2. The highest BCUT2D eigenvalue weighted by Crippen LogP contribution is 2.16. The van der Waals surface area contributed by atoms with E-state index in [1.807, 2.05) is 36.5 Å². The van der Waals surface area contributed by atoms with Crippen LogP contribution in [0.25, 0.3) is 0 Å². The van der Waals surface area contributed by atoms with Gasteiger partial charge in [0.05, 0.1) is 16.4 Å². The molecule has 0 saturated carbocycles. The molecule has 8 nitrogen and oxygen atoms in total. The number of rotatable bonds is 7. The fourth-order valence-corrected chi connectivity index (χ4v) is 3.37. The van der Waals surface area contributed by atoms with E-state index in [0.29, 0.717) is 6.54 Å². The molecule has 0 unspecified atom stereocenters. The van der Waals surface area contributed by atoms with Crippen LogP contribution in [0, 0.1) is 10.1 Å². The maximum Gasteiger partial charge on any atom is 0.269 e. The van der Waals surface area contributed by atoms with Crippen LogP contribution in [-0.4, -0.2) is 23.1 Å². The Labute approximate surface area is 150 Å². The molecule has 1 aromatic heterocycles. The molecule has 0 aliphatic rings. The fourth-order valence-electron chi connectivity index (χ4n) is 2.35. The molecule has 0 fully saturated rings. The summed E-state index contributed by atoms with van der Waals surface area (Å²) in [4.78, 5) is 10.0. The van der Waals surface area contributed by atoms with Crippen molar-refractivity contribution in [3.8, 4) is 0 Å². The molecule has 3 rings (SSSR count). The van der Waals surface area contributed by atoms with Crippen molar-refractivity contribution in [3.63, 3.8) is 0 Å². The van der Waals surface area contributed by atoms with E-state index in [1.54, 1.807) is 10.9 Å². The van der Waals surface area contributed by atoms with E-state index in [0.717, 1.165) is 11.1 Å². The molecule has 1 N–H and O–H groups in total. The highest BCUT2D eigenvalue weighted by Gasteiger charge is 2.15.